The topological polar surface area (TPSA) is 77.8 Å². The Morgan fingerprint density at radius 2 is 1.33 bits per heavy atom. The SMILES string of the molecule is CC(=O)c1ccccc1.Oc1cccc(O)c1O. The zero-order chi connectivity index (χ0) is 13.5. The maximum absolute atomic E-state index is 10.6. The van der Waals surface area contributed by atoms with Crippen LogP contribution in [-0.4, -0.2) is 21.1 Å². The van der Waals surface area contributed by atoms with Crippen LogP contribution >= 0.6 is 0 Å². The van der Waals surface area contributed by atoms with Gasteiger partial charge in [0.05, 0.1) is 0 Å². The van der Waals surface area contributed by atoms with E-state index in [1.165, 1.54) is 18.2 Å². The molecule has 2 aromatic carbocycles. The number of hydrogen-bond donors (Lipinski definition) is 3. The zero-order valence-corrected chi connectivity index (χ0v) is 9.87. The van der Waals surface area contributed by atoms with Crippen LogP contribution < -0.4 is 0 Å². The second kappa shape index (κ2) is 6.30. The number of hydrogen-bond acceptors (Lipinski definition) is 4. The van der Waals surface area contributed by atoms with Gasteiger partial charge in [-0.25, -0.2) is 0 Å². The molecule has 0 spiro atoms. The summed E-state index contributed by atoms with van der Waals surface area (Å²) < 4.78 is 0. The first-order valence-electron chi connectivity index (χ1n) is 5.28. The molecule has 0 atom stereocenters. The van der Waals surface area contributed by atoms with Crippen molar-refractivity contribution in [3.8, 4) is 17.2 Å². The Labute approximate surface area is 105 Å². The Balaban J connectivity index is 0.000000180. The van der Waals surface area contributed by atoms with Crippen LogP contribution in [0.15, 0.2) is 48.5 Å². The van der Waals surface area contributed by atoms with Gasteiger partial charge in [0.15, 0.2) is 23.0 Å². The number of carbonyl (C=O) groups excluding carboxylic acids is 1. The first-order valence-corrected chi connectivity index (χ1v) is 5.28. The summed E-state index contributed by atoms with van der Waals surface area (Å²) in [5.41, 5.74) is 0.775. The molecule has 0 amide bonds. The molecule has 94 valence electrons. The van der Waals surface area contributed by atoms with Crippen molar-refractivity contribution in [2.24, 2.45) is 0 Å². The Morgan fingerprint density at radius 1 is 0.833 bits per heavy atom. The summed E-state index contributed by atoms with van der Waals surface area (Å²) in [6, 6.07) is 13.2. The quantitative estimate of drug-likeness (QED) is 0.534. The Bertz CT molecular complexity index is 500. The van der Waals surface area contributed by atoms with E-state index in [0.717, 1.165) is 5.56 Å². The third-order valence-corrected chi connectivity index (χ3v) is 2.17. The summed E-state index contributed by atoms with van der Waals surface area (Å²) in [7, 11) is 0. The second-order valence-corrected chi connectivity index (χ2v) is 3.57. The third kappa shape index (κ3) is 3.83. The molecule has 0 aliphatic rings. The fourth-order valence-electron chi connectivity index (χ4n) is 1.19. The van der Waals surface area contributed by atoms with Crippen LogP contribution in [0.3, 0.4) is 0 Å². The molecule has 2 rings (SSSR count). The number of ketones is 1. The van der Waals surface area contributed by atoms with E-state index in [1.807, 2.05) is 30.3 Å². The van der Waals surface area contributed by atoms with Crippen molar-refractivity contribution < 1.29 is 20.1 Å². The fraction of sp³-hybridized carbons (Fsp3) is 0.0714. The van der Waals surface area contributed by atoms with Crippen LogP contribution in [0.2, 0.25) is 0 Å². The van der Waals surface area contributed by atoms with Gasteiger partial charge in [-0.1, -0.05) is 36.4 Å². The van der Waals surface area contributed by atoms with Crippen molar-refractivity contribution in [1.82, 2.24) is 0 Å². The van der Waals surface area contributed by atoms with Gasteiger partial charge in [-0.3, -0.25) is 4.79 Å². The van der Waals surface area contributed by atoms with Crippen LogP contribution in [0.25, 0.3) is 0 Å². The summed E-state index contributed by atoms with van der Waals surface area (Å²) >= 11 is 0. The monoisotopic (exact) mass is 246 g/mol. The minimum atomic E-state index is -0.475. The van der Waals surface area contributed by atoms with Gasteiger partial charge in [0.2, 0.25) is 0 Å². The van der Waals surface area contributed by atoms with E-state index in [1.54, 1.807) is 6.92 Å². The minimum absolute atomic E-state index is 0.121. The molecule has 0 radical (unpaired) electrons. The molecule has 0 unspecified atom stereocenters. The van der Waals surface area contributed by atoms with Gasteiger partial charge in [0.25, 0.3) is 0 Å². The molecule has 0 saturated heterocycles. The van der Waals surface area contributed by atoms with Gasteiger partial charge in [-0.15, -0.1) is 0 Å². The largest absolute Gasteiger partial charge is 0.504 e. The molecule has 0 saturated carbocycles. The molecular formula is C14H14O4. The summed E-state index contributed by atoms with van der Waals surface area (Å²) in [5, 5.41) is 26.1. The lowest BCUT2D eigenvalue weighted by atomic mass is 10.2. The van der Waals surface area contributed by atoms with Gasteiger partial charge in [0.1, 0.15) is 0 Å². The second-order valence-electron chi connectivity index (χ2n) is 3.57. The molecule has 0 bridgehead atoms. The molecule has 0 aromatic heterocycles. The highest BCUT2D eigenvalue weighted by atomic mass is 16.3. The van der Waals surface area contributed by atoms with Crippen LogP contribution in [0.1, 0.15) is 17.3 Å². The van der Waals surface area contributed by atoms with Crippen LogP contribution in [0.5, 0.6) is 17.2 Å². The molecule has 0 aliphatic heterocycles. The average molecular weight is 246 g/mol. The van der Waals surface area contributed by atoms with Gasteiger partial charge in [-0.2, -0.15) is 0 Å². The fourth-order valence-corrected chi connectivity index (χ4v) is 1.19. The molecule has 0 fully saturated rings. The van der Waals surface area contributed by atoms with Crippen molar-refractivity contribution in [1.29, 1.82) is 0 Å². The number of rotatable bonds is 1. The van der Waals surface area contributed by atoms with Crippen molar-refractivity contribution >= 4 is 5.78 Å². The molecule has 0 aliphatic carbocycles. The van der Waals surface area contributed by atoms with E-state index < -0.39 is 5.75 Å². The number of phenolic OH excluding ortho intramolecular Hbond substituents is 3. The van der Waals surface area contributed by atoms with Crippen molar-refractivity contribution in [2.45, 2.75) is 6.92 Å². The Morgan fingerprint density at radius 3 is 1.67 bits per heavy atom. The molecule has 2 aromatic rings. The number of para-hydroxylation sites is 1. The number of phenols is 3. The lowest BCUT2D eigenvalue weighted by molar-refractivity contribution is 0.101. The highest BCUT2D eigenvalue weighted by Gasteiger charge is 2.01. The smallest absolute Gasteiger partial charge is 0.200 e. The zero-order valence-electron chi connectivity index (χ0n) is 9.87. The lowest BCUT2D eigenvalue weighted by Gasteiger charge is -1.96. The highest BCUT2D eigenvalue weighted by Crippen LogP contribution is 2.32. The van der Waals surface area contributed by atoms with Crippen LogP contribution in [0, 0.1) is 0 Å². The predicted molar refractivity (Wildman–Crippen MR) is 67.9 cm³/mol. The van der Waals surface area contributed by atoms with E-state index >= 15 is 0 Å². The first-order chi connectivity index (χ1) is 8.52. The maximum atomic E-state index is 10.6. The molecular weight excluding hydrogens is 232 g/mol. The number of Topliss-reactive ketones (excluding diaryl/α,β-unsaturated/α-hetero) is 1. The molecule has 4 nitrogen and oxygen atoms in total. The van der Waals surface area contributed by atoms with Crippen molar-refractivity contribution in [2.75, 3.05) is 0 Å². The van der Waals surface area contributed by atoms with E-state index in [9.17, 15) is 4.79 Å². The molecule has 4 heteroatoms. The van der Waals surface area contributed by atoms with Crippen LogP contribution in [-0.2, 0) is 0 Å². The highest BCUT2D eigenvalue weighted by molar-refractivity contribution is 5.93. The average Bonchev–Trinajstić information content (AvgIpc) is 2.38. The summed E-state index contributed by atoms with van der Waals surface area (Å²) in [4.78, 5) is 10.6. The van der Waals surface area contributed by atoms with E-state index in [-0.39, 0.29) is 17.3 Å². The van der Waals surface area contributed by atoms with Crippen molar-refractivity contribution in [3.63, 3.8) is 0 Å². The number of benzene rings is 2. The molecule has 3 N–H and O–H groups in total. The lowest BCUT2D eigenvalue weighted by Crippen LogP contribution is -1.88. The van der Waals surface area contributed by atoms with E-state index in [4.69, 9.17) is 15.3 Å². The van der Waals surface area contributed by atoms with Gasteiger partial charge >= 0.3 is 0 Å². The summed E-state index contributed by atoms with van der Waals surface area (Å²) in [6.07, 6.45) is 0. The van der Waals surface area contributed by atoms with Gasteiger partial charge in [0, 0.05) is 5.56 Å². The Kier molecular flexibility index (Phi) is 4.75. The van der Waals surface area contributed by atoms with Crippen LogP contribution in [0.4, 0.5) is 0 Å². The summed E-state index contributed by atoms with van der Waals surface area (Å²) in [5.74, 6) is -0.974. The number of aromatic hydroxyl groups is 3. The number of carbonyl (C=O) groups is 1. The van der Waals surface area contributed by atoms with Gasteiger partial charge in [-0.05, 0) is 19.1 Å². The Hall–Kier alpha value is -2.49. The molecule has 0 heterocycles. The standard InChI is InChI=1S/C8H8O.C6H6O3/c1-7(9)8-5-3-2-4-6-8;7-4-2-1-3-5(8)6(4)9/h2-6H,1H3;1-3,7-9H. The summed E-state index contributed by atoms with van der Waals surface area (Å²) in [6.45, 7) is 1.56. The van der Waals surface area contributed by atoms with Gasteiger partial charge < -0.3 is 15.3 Å². The predicted octanol–water partition coefficient (Wildman–Crippen LogP) is 2.69. The maximum Gasteiger partial charge on any atom is 0.200 e. The van der Waals surface area contributed by atoms with E-state index in [0.29, 0.717) is 0 Å². The first kappa shape index (κ1) is 13.6. The minimum Gasteiger partial charge on any atom is -0.504 e. The van der Waals surface area contributed by atoms with Crippen molar-refractivity contribution in [3.05, 3.63) is 54.1 Å². The van der Waals surface area contributed by atoms with E-state index in [2.05, 4.69) is 0 Å². The normalized spacial score (nSPS) is 9.17. The molecule has 18 heavy (non-hydrogen) atoms. The third-order valence-electron chi connectivity index (χ3n) is 2.17.